The number of thioether (sulfide) groups is 1. The molecule has 0 bridgehead atoms. The molecule has 114 valence electrons. The molecule has 0 spiro atoms. The molecular formula is C13H16N2O4S2. The Morgan fingerprint density at radius 3 is 2.81 bits per heavy atom. The van der Waals surface area contributed by atoms with E-state index in [2.05, 4.69) is 4.72 Å². The number of rotatable bonds is 8. The average molecular weight is 328 g/mol. The van der Waals surface area contributed by atoms with Crippen LogP contribution in [0.15, 0.2) is 24.3 Å². The quantitative estimate of drug-likeness (QED) is 0.742. The van der Waals surface area contributed by atoms with Gasteiger partial charge in [-0.25, -0.2) is 13.1 Å². The first-order valence-corrected chi connectivity index (χ1v) is 9.13. The van der Waals surface area contributed by atoms with Crippen LogP contribution in [-0.2, 0) is 20.6 Å². The summed E-state index contributed by atoms with van der Waals surface area (Å²) in [7, 11) is -3.78. The van der Waals surface area contributed by atoms with E-state index >= 15 is 0 Å². The molecule has 1 aromatic carbocycles. The fourth-order valence-electron chi connectivity index (χ4n) is 1.68. The van der Waals surface area contributed by atoms with Gasteiger partial charge in [0.05, 0.1) is 17.4 Å². The second-order valence-corrected chi connectivity index (χ2v) is 7.10. The largest absolute Gasteiger partial charge is 0.480 e. The zero-order chi connectivity index (χ0) is 15.9. The predicted octanol–water partition coefficient (Wildman–Crippen LogP) is 1.18. The van der Waals surface area contributed by atoms with Gasteiger partial charge in [0.1, 0.15) is 6.04 Å². The lowest BCUT2D eigenvalue weighted by Gasteiger charge is -2.14. The van der Waals surface area contributed by atoms with E-state index in [-0.39, 0.29) is 12.2 Å². The summed E-state index contributed by atoms with van der Waals surface area (Å²) in [5.74, 6) is -1.01. The van der Waals surface area contributed by atoms with Crippen molar-refractivity contribution in [2.24, 2.45) is 0 Å². The highest BCUT2D eigenvalue weighted by atomic mass is 32.2. The highest BCUT2D eigenvalue weighted by Crippen LogP contribution is 2.10. The van der Waals surface area contributed by atoms with Crippen LogP contribution in [0.2, 0.25) is 0 Å². The topological polar surface area (TPSA) is 107 Å². The van der Waals surface area contributed by atoms with E-state index in [4.69, 9.17) is 10.4 Å². The number of benzene rings is 1. The van der Waals surface area contributed by atoms with Crippen LogP contribution in [0, 0.1) is 11.3 Å². The van der Waals surface area contributed by atoms with E-state index in [1.807, 2.05) is 12.3 Å². The van der Waals surface area contributed by atoms with Crippen molar-refractivity contribution in [2.75, 3.05) is 12.0 Å². The molecule has 1 aromatic rings. The molecule has 1 atom stereocenters. The Morgan fingerprint density at radius 1 is 1.52 bits per heavy atom. The van der Waals surface area contributed by atoms with Gasteiger partial charge in [0.15, 0.2) is 0 Å². The van der Waals surface area contributed by atoms with Gasteiger partial charge in [-0.15, -0.1) is 0 Å². The van der Waals surface area contributed by atoms with Crippen LogP contribution < -0.4 is 4.72 Å². The number of hydrogen-bond acceptors (Lipinski definition) is 5. The van der Waals surface area contributed by atoms with Crippen molar-refractivity contribution in [1.29, 1.82) is 5.26 Å². The van der Waals surface area contributed by atoms with Gasteiger partial charge in [-0.2, -0.15) is 17.0 Å². The molecule has 0 radical (unpaired) electrons. The molecule has 8 heteroatoms. The summed E-state index contributed by atoms with van der Waals surface area (Å²) >= 11 is 1.45. The molecule has 1 rings (SSSR count). The molecule has 0 aliphatic carbocycles. The molecule has 0 heterocycles. The molecular weight excluding hydrogens is 312 g/mol. The molecule has 0 aliphatic rings. The first-order chi connectivity index (χ1) is 9.88. The Balaban J connectivity index is 2.80. The number of carboxylic acid groups (broad SMARTS) is 1. The number of nitrogens with one attached hydrogen (secondary N) is 1. The van der Waals surface area contributed by atoms with Crippen molar-refractivity contribution in [2.45, 2.75) is 18.2 Å². The van der Waals surface area contributed by atoms with Crippen molar-refractivity contribution >= 4 is 27.8 Å². The van der Waals surface area contributed by atoms with Crippen molar-refractivity contribution in [3.05, 3.63) is 35.4 Å². The van der Waals surface area contributed by atoms with Crippen LogP contribution >= 0.6 is 11.8 Å². The third kappa shape index (κ3) is 6.16. The van der Waals surface area contributed by atoms with Gasteiger partial charge in [0.2, 0.25) is 10.0 Å². The van der Waals surface area contributed by atoms with Gasteiger partial charge >= 0.3 is 5.97 Å². The average Bonchev–Trinajstić information content (AvgIpc) is 2.42. The summed E-state index contributed by atoms with van der Waals surface area (Å²) in [6, 6.07) is 7.00. The van der Waals surface area contributed by atoms with Crippen molar-refractivity contribution in [1.82, 2.24) is 4.72 Å². The van der Waals surface area contributed by atoms with Crippen LogP contribution in [0.4, 0.5) is 0 Å². The Hall–Kier alpha value is -1.56. The minimum absolute atomic E-state index is 0.216. The first-order valence-electron chi connectivity index (χ1n) is 6.08. The number of nitriles is 1. The maximum Gasteiger partial charge on any atom is 0.321 e. The minimum Gasteiger partial charge on any atom is -0.480 e. The highest BCUT2D eigenvalue weighted by molar-refractivity contribution is 7.98. The maximum absolute atomic E-state index is 12.0. The maximum atomic E-state index is 12.0. The molecule has 0 saturated carbocycles. The standard InChI is InChI=1S/C13H16N2O4S2/c1-20-6-5-12(13(16)17)15-21(18,19)9-11-4-2-3-10(7-11)8-14/h2-4,7,12,15H,5-6,9H2,1H3,(H,16,17)/t12-/m0/s1. The lowest BCUT2D eigenvalue weighted by atomic mass is 10.2. The van der Waals surface area contributed by atoms with E-state index in [1.165, 1.54) is 17.8 Å². The molecule has 0 aliphatic heterocycles. The summed E-state index contributed by atoms with van der Waals surface area (Å²) in [4.78, 5) is 11.1. The normalized spacial score (nSPS) is 12.6. The van der Waals surface area contributed by atoms with Gasteiger partial charge in [0, 0.05) is 0 Å². The molecule has 0 fully saturated rings. The second-order valence-electron chi connectivity index (χ2n) is 4.36. The summed E-state index contributed by atoms with van der Waals surface area (Å²) < 4.78 is 26.2. The zero-order valence-corrected chi connectivity index (χ0v) is 13.1. The van der Waals surface area contributed by atoms with Crippen molar-refractivity contribution in [3.8, 4) is 6.07 Å². The van der Waals surface area contributed by atoms with Gasteiger partial charge in [-0.1, -0.05) is 12.1 Å². The molecule has 0 unspecified atom stereocenters. The van der Waals surface area contributed by atoms with E-state index in [0.29, 0.717) is 16.9 Å². The third-order valence-corrected chi connectivity index (χ3v) is 4.64. The van der Waals surface area contributed by atoms with Gasteiger partial charge in [-0.3, -0.25) is 4.79 Å². The minimum atomic E-state index is -3.78. The molecule has 0 saturated heterocycles. The smallest absolute Gasteiger partial charge is 0.321 e. The van der Waals surface area contributed by atoms with Crippen LogP contribution in [0.25, 0.3) is 0 Å². The van der Waals surface area contributed by atoms with Crippen molar-refractivity contribution < 1.29 is 18.3 Å². The molecule has 0 aromatic heterocycles. The molecule has 2 N–H and O–H groups in total. The Morgan fingerprint density at radius 2 is 2.24 bits per heavy atom. The van der Waals surface area contributed by atoms with Crippen molar-refractivity contribution in [3.63, 3.8) is 0 Å². The predicted molar refractivity (Wildman–Crippen MR) is 81.3 cm³/mol. The van der Waals surface area contributed by atoms with E-state index < -0.39 is 22.0 Å². The Labute approximate surface area is 128 Å². The molecule has 6 nitrogen and oxygen atoms in total. The number of sulfonamides is 1. The van der Waals surface area contributed by atoms with E-state index in [9.17, 15) is 13.2 Å². The molecule has 0 amide bonds. The Kier molecular flexibility index (Phi) is 6.68. The van der Waals surface area contributed by atoms with Crippen LogP contribution in [-0.4, -0.2) is 37.5 Å². The zero-order valence-electron chi connectivity index (χ0n) is 11.4. The SMILES string of the molecule is CSCC[C@H](NS(=O)(=O)Cc1cccc(C#N)c1)C(=O)O. The Bertz CT molecular complexity index is 638. The van der Waals surface area contributed by atoms with Gasteiger partial charge < -0.3 is 5.11 Å². The number of nitrogens with zero attached hydrogens (tertiary/aromatic N) is 1. The van der Waals surface area contributed by atoms with Crippen LogP contribution in [0.3, 0.4) is 0 Å². The third-order valence-electron chi connectivity index (χ3n) is 2.64. The number of aliphatic carboxylic acids is 1. The van der Waals surface area contributed by atoms with E-state index in [0.717, 1.165) is 0 Å². The lowest BCUT2D eigenvalue weighted by Crippen LogP contribution is -2.41. The lowest BCUT2D eigenvalue weighted by molar-refractivity contribution is -0.139. The van der Waals surface area contributed by atoms with Crippen LogP contribution in [0.1, 0.15) is 17.5 Å². The monoisotopic (exact) mass is 328 g/mol. The fourth-order valence-corrected chi connectivity index (χ4v) is 3.50. The summed E-state index contributed by atoms with van der Waals surface area (Å²) in [6.07, 6.45) is 2.04. The molecule has 21 heavy (non-hydrogen) atoms. The first kappa shape index (κ1) is 17.5. The fraction of sp³-hybridized carbons (Fsp3) is 0.385. The highest BCUT2D eigenvalue weighted by Gasteiger charge is 2.23. The summed E-state index contributed by atoms with van der Waals surface area (Å²) in [5, 5.41) is 17.8. The van der Waals surface area contributed by atoms with Gasteiger partial charge in [0.25, 0.3) is 0 Å². The van der Waals surface area contributed by atoms with E-state index in [1.54, 1.807) is 18.2 Å². The second kappa shape index (κ2) is 8.02. The number of hydrogen-bond donors (Lipinski definition) is 2. The summed E-state index contributed by atoms with van der Waals surface area (Å²) in [6.45, 7) is 0. The summed E-state index contributed by atoms with van der Waals surface area (Å²) in [5.41, 5.74) is 0.801. The number of carbonyl (C=O) groups is 1. The van der Waals surface area contributed by atoms with Gasteiger partial charge in [-0.05, 0) is 36.1 Å². The number of carboxylic acids is 1. The van der Waals surface area contributed by atoms with Crippen LogP contribution in [0.5, 0.6) is 0 Å².